The van der Waals surface area contributed by atoms with E-state index in [1.165, 1.54) is 38.5 Å². The normalized spacial score (nSPS) is 45.9. The average molecular weight is 240 g/mol. The molecule has 0 radical (unpaired) electrons. The molecule has 0 aromatic rings. The van der Waals surface area contributed by atoms with Gasteiger partial charge in [-0.05, 0) is 67.6 Å². The first-order chi connectivity index (χ1) is 6.99. The highest BCUT2D eigenvalue weighted by Crippen LogP contribution is 2.60. The highest BCUT2D eigenvalue weighted by molar-refractivity contribution is 5.00. The summed E-state index contributed by atoms with van der Waals surface area (Å²) in [5.74, 6) is 4.19. The Kier molecular flexibility index (Phi) is 6.25. The molecule has 0 unspecified atom stereocenters. The molecule has 0 heteroatoms. The predicted molar refractivity (Wildman–Crippen MR) is 80.3 cm³/mol. The van der Waals surface area contributed by atoms with Crippen LogP contribution in [0, 0.1) is 29.1 Å². The third kappa shape index (κ3) is 4.00. The second kappa shape index (κ2) is 6.25. The minimum absolute atomic E-state index is 0. The number of hydrogen-bond acceptors (Lipinski definition) is 0. The van der Waals surface area contributed by atoms with Gasteiger partial charge in [0.2, 0.25) is 0 Å². The molecule has 0 aliphatic heterocycles. The lowest BCUT2D eigenvalue weighted by molar-refractivity contribution is -0.0549. The zero-order valence-electron chi connectivity index (χ0n) is 11.1. The lowest BCUT2D eigenvalue weighted by Gasteiger charge is -2.56. The van der Waals surface area contributed by atoms with Crippen LogP contribution in [0.3, 0.4) is 0 Å². The molecule has 0 saturated heterocycles. The van der Waals surface area contributed by atoms with E-state index in [4.69, 9.17) is 0 Å². The maximum atomic E-state index is 2.38. The standard InChI is InChI=1S/C9H16.C6H12.2CH4/c1-7-3-9(4-7)5-8(2)6-9;1-5-3-6(2)4-5;;/h7-8H,3-6H2,1-2H3;5-6H,3-4H2,1-2H3;2*1H4. The van der Waals surface area contributed by atoms with Crippen LogP contribution >= 0.6 is 0 Å². The summed E-state index contributed by atoms with van der Waals surface area (Å²) in [6, 6.07) is 0. The van der Waals surface area contributed by atoms with Gasteiger partial charge < -0.3 is 0 Å². The Morgan fingerprint density at radius 2 is 0.882 bits per heavy atom. The maximum absolute atomic E-state index is 2.38. The summed E-state index contributed by atoms with van der Waals surface area (Å²) < 4.78 is 0. The average Bonchev–Trinajstić information content (AvgIpc) is 1.98. The molecule has 104 valence electrons. The molecule has 3 fully saturated rings. The first-order valence-electron chi connectivity index (χ1n) is 6.99. The van der Waals surface area contributed by atoms with Gasteiger partial charge in [-0.2, -0.15) is 0 Å². The monoisotopic (exact) mass is 240 g/mol. The van der Waals surface area contributed by atoms with Gasteiger partial charge in [0.05, 0.1) is 0 Å². The number of rotatable bonds is 0. The van der Waals surface area contributed by atoms with Gasteiger partial charge in [0.1, 0.15) is 0 Å². The van der Waals surface area contributed by atoms with E-state index < -0.39 is 0 Å². The van der Waals surface area contributed by atoms with E-state index >= 15 is 0 Å². The summed E-state index contributed by atoms with van der Waals surface area (Å²) in [7, 11) is 0. The van der Waals surface area contributed by atoms with E-state index in [1.54, 1.807) is 0 Å². The molecule has 0 atom stereocenters. The minimum atomic E-state index is 0. The highest BCUT2D eigenvalue weighted by atomic mass is 14.5. The van der Waals surface area contributed by atoms with E-state index in [1.807, 2.05) is 0 Å². The van der Waals surface area contributed by atoms with Crippen molar-refractivity contribution >= 4 is 0 Å². The van der Waals surface area contributed by atoms with Crippen molar-refractivity contribution in [2.24, 2.45) is 29.1 Å². The predicted octanol–water partition coefficient (Wildman–Crippen LogP) is 6.16. The molecule has 0 aromatic carbocycles. The van der Waals surface area contributed by atoms with Gasteiger partial charge in [-0.1, -0.05) is 42.5 Å². The first-order valence-corrected chi connectivity index (χ1v) is 6.99. The second-order valence-electron chi connectivity index (χ2n) is 7.21. The summed E-state index contributed by atoms with van der Waals surface area (Å²) in [6.45, 7) is 9.41. The van der Waals surface area contributed by atoms with Gasteiger partial charge >= 0.3 is 0 Å². The zero-order chi connectivity index (χ0) is 11.1. The van der Waals surface area contributed by atoms with Gasteiger partial charge in [0.25, 0.3) is 0 Å². The van der Waals surface area contributed by atoms with Crippen LogP contribution < -0.4 is 0 Å². The van der Waals surface area contributed by atoms with Crippen LogP contribution in [0.4, 0.5) is 0 Å². The van der Waals surface area contributed by atoms with Gasteiger partial charge in [-0.25, -0.2) is 0 Å². The molecule has 3 rings (SSSR count). The van der Waals surface area contributed by atoms with Crippen LogP contribution in [0.15, 0.2) is 0 Å². The second-order valence-corrected chi connectivity index (χ2v) is 7.21. The fourth-order valence-electron chi connectivity index (χ4n) is 4.48. The van der Waals surface area contributed by atoms with E-state index in [2.05, 4.69) is 27.7 Å². The van der Waals surface area contributed by atoms with Crippen molar-refractivity contribution in [1.82, 2.24) is 0 Å². The molecular weight excluding hydrogens is 204 g/mol. The molecule has 0 bridgehead atoms. The topological polar surface area (TPSA) is 0 Å². The molecule has 0 heterocycles. The minimum Gasteiger partial charge on any atom is -0.0776 e. The van der Waals surface area contributed by atoms with Crippen LogP contribution in [0.5, 0.6) is 0 Å². The summed E-state index contributed by atoms with van der Waals surface area (Å²) >= 11 is 0. The maximum Gasteiger partial charge on any atom is -0.0287 e. The molecule has 3 aliphatic rings. The molecule has 3 saturated carbocycles. The zero-order valence-corrected chi connectivity index (χ0v) is 11.1. The molecule has 0 N–H and O–H groups in total. The van der Waals surface area contributed by atoms with Crippen molar-refractivity contribution in [2.45, 2.75) is 81.1 Å². The van der Waals surface area contributed by atoms with Crippen LogP contribution in [0.2, 0.25) is 0 Å². The Balaban J connectivity index is 0.000000287. The van der Waals surface area contributed by atoms with Crippen molar-refractivity contribution in [3.63, 3.8) is 0 Å². The van der Waals surface area contributed by atoms with Crippen LogP contribution in [-0.4, -0.2) is 0 Å². The Hall–Kier alpha value is 0. The molecule has 3 aliphatic carbocycles. The first kappa shape index (κ1) is 17.0. The van der Waals surface area contributed by atoms with Crippen LogP contribution in [0.25, 0.3) is 0 Å². The molecule has 1 spiro atoms. The molecule has 17 heavy (non-hydrogen) atoms. The van der Waals surface area contributed by atoms with Gasteiger partial charge in [-0.15, -0.1) is 0 Å². The van der Waals surface area contributed by atoms with E-state index in [-0.39, 0.29) is 14.9 Å². The quantitative estimate of drug-likeness (QED) is 0.476. The van der Waals surface area contributed by atoms with Gasteiger partial charge in [0.15, 0.2) is 0 Å². The van der Waals surface area contributed by atoms with Crippen LogP contribution in [0.1, 0.15) is 81.1 Å². The summed E-state index contributed by atoms with van der Waals surface area (Å²) in [6.07, 6.45) is 9.10. The third-order valence-electron chi connectivity index (χ3n) is 4.74. The van der Waals surface area contributed by atoms with Gasteiger partial charge in [-0.3, -0.25) is 0 Å². The van der Waals surface area contributed by atoms with Crippen molar-refractivity contribution in [3.05, 3.63) is 0 Å². The molecule has 0 nitrogen and oxygen atoms in total. The summed E-state index contributed by atoms with van der Waals surface area (Å²) in [5, 5.41) is 0. The smallest absolute Gasteiger partial charge is 0.0287 e. The Morgan fingerprint density at radius 1 is 0.588 bits per heavy atom. The lowest BCUT2D eigenvalue weighted by atomic mass is 9.49. The Bertz CT molecular complexity index is 175. The molecule has 0 amide bonds. The van der Waals surface area contributed by atoms with Crippen molar-refractivity contribution in [3.8, 4) is 0 Å². The molecular formula is C17H36. The molecule has 0 aromatic heterocycles. The fourth-order valence-corrected chi connectivity index (χ4v) is 4.48. The van der Waals surface area contributed by atoms with E-state index in [0.717, 1.165) is 29.1 Å². The van der Waals surface area contributed by atoms with E-state index in [9.17, 15) is 0 Å². The van der Waals surface area contributed by atoms with Crippen molar-refractivity contribution in [1.29, 1.82) is 0 Å². The number of hydrogen-bond donors (Lipinski definition) is 0. The van der Waals surface area contributed by atoms with Crippen molar-refractivity contribution in [2.75, 3.05) is 0 Å². The Morgan fingerprint density at radius 3 is 1.00 bits per heavy atom. The summed E-state index contributed by atoms with van der Waals surface area (Å²) in [5.41, 5.74) is 0.888. The van der Waals surface area contributed by atoms with Crippen molar-refractivity contribution < 1.29 is 0 Å². The third-order valence-corrected chi connectivity index (χ3v) is 4.74. The summed E-state index contributed by atoms with van der Waals surface area (Å²) in [4.78, 5) is 0. The highest BCUT2D eigenvalue weighted by Gasteiger charge is 2.49. The lowest BCUT2D eigenvalue weighted by Crippen LogP contribution is -2.45. The Labute approximate surface area is 111 Å². The SMILES string of the molecule is C.C.CC1CC(C)C1.CC1CC2(C1)CC(C)C2. The van der Waals surface area contributed by atoms with Crippen LogP contribution in [-0.2, 0) is 0 Å². The van der Waals surface area contributed by atoms with E-state index in [0.29, 0.717) is 0 Å². The van der Waals surface area contributed by atoms with Gasteiger partial charge in [0, 0.05) is 0 Å². The largest absolute Gasteiger partial charge is 0.0776 e. The fraction of sp³-hybridized carbons (Fsp3) is 1.00.